The maximum absolute atomic E-state index is 11.8. The molecule has 0 aliphatic heterocycles. The van der Waals surface area contributed by atoms with Crippen molar-refractivity contribution in [3.8, 4) is 11.5 Å². The fourth-order valence-electron chi connectivity index (χ4n) is 2.71. The highest BCUT2D eigenvalue weighted by Crippen LogP contribution is 2.40. The first kappa shape index (κ1) is 13.7. The predicted molar refractivity (Wildman–Crippen MR) is 79.4 cm³/mol. The number of hydrogen-bond acceptors (Lipinski definition) is 4. The zero-order valence-corrected chi connectivity index (χ0v) is 11.9. The van der Waals surface area contributed by atoms with Crippen molar-refractivity contribution in [1.82, 2.24) is 5.43 Å². The number of rotatable bonds is 5. The first-order valence-corrected chi connectivity index (χ1v) is 7.05. The molecule has 2 aliphatic rings. The van der Waals surface area contributed by atoms with Crippen molar-refractivity contribution in [3.05, 3.63) is 36.4 Å². The van der Waals surface area contributed by atoms with Crippen molar-refractivity contribution in [2.45, 2.75) is 12.8 Å². The van der Waals surface area contributed by atoms with Crippen LogP contribution in [-0.2, 0) is 4.79 Å². The van der Waals surface area contributed by atoms with E-state index in [4.69, 9.17) is 9.47 Å². The van der Waals surface area contributed by atoms with Crippen LogP contribution in [0.2, 0.25) is 0 Å². The number of benzene rings is 1. The number of ether oxygens (including phenoxy) is 2. The second-order valence-electron chi connectivity index (χ2n) is 5.22. The van der Waals surface area contributed by atoms with Crippen molar-refractivity contribution in [2.75, 3.05) is 13.7 Å². The lowest BCUT2D eigenvalue weighted by molar-refractivity contribution is -0.123. The minimum absolute atomic E-state index is 0.0799. The highest BCUT2D eigenvalue weighted by molar-refractivity contribution is 5.94. The number of fused-ring (bicyclic) bond motifs is 1. The summed E-state index contributed by atoms with van der Waals surface area (Å²) < 4.78 is 10.6. The number of nitrogens with one attached hydrogen (secondary N) is 1. The van der Waals surface area contributed by atoms with Crippen LogP contribution in [0.3, 0.4) is 0 Å². The van der Waals surface area contributed by atoms with Crippen LogP contribution in [0.5, 0.6) is 11.5 Å². The quantitative estimate of drug-likeness (QED) is 0.666. The molecule has 1 amide bonds. The van der Waals surface area contributed by atoms with Gasteiger partial charge in [0.15, 0.2) is 18.1 Å². The Morgan fingerprint density at radius 2 is 2.19 bits per heavy atom. The molecule has 5 nitrogen and oxygen atoms in total. The van der Waals surface area contributed by atoms with E-state index >= 15 is 0 Å². The summed E-state index contributed by atoms with van der Waals surface area (Å²) in [5.41, 5.74) is 3.64. The molecule has 0 aromatic heterocycles. The third kappa shape index (κ3) is 2.91. The number of amides is 1. The number of methoxy groups -OCH3 is 1. The van der Waals surface area contributed by atoms with Gasteiger partial charge in [0, 0.05) is 11.6 Å². The Balaban J connectivity index is 1.48. The largest absolute Gasteiger partial charge is 0.493 e. The molecule has 1 saturated carbocycles. The lowest BCUT2D eigenvalue weighted by Crippen LogP contribution is -2.36. The molecule has 1 N–H and O–H groups in total. The van der Waals surface area contributed by atoms with Crippen LogP contribution in [0.25, 0.3) is 0 Å². The van der Waals surface area contributed by atoms with Crippen molar-refractivity contribution < 1.29 is 14.3 Å². The second-order valence-corrected chi connectivity index (χ2v) is 5.22. The second kappa shape index (κ2) is 5.99. The smallest absolute Gasteiger partial charge is 0.277 e. The third-order valence-electron chi connectivity index (χ3n) is 3.92. The summed E-state index contributed by atoms with van der Waals surface area (Å²) in [5, 5.41) is 4.19. The monoisotopic (exact) mass is 286 g/mol. The van der Waals surface area contributed by atoms with Gasteiger partial charge in [-0.2, -0.15) is 5.10 Å². The summed E-state index contributed by atoms with van der Waals surface area (Å²) in [6.45, 7) is -0.0799. The maximum atomic E-state index is 11.8. The van der Waals surface area contributed by atoms with E-state index in [0.717, 1.165) is 18.6 Å². The molecule has 5 heteroatoms. The molecule has 0 saturated heterocycles. The molecule has 1 aromatic rings. The van der Waals surface area contributed by atoms with Gasteiger partial charge in [-0.15, -0.1) is 0 Å². The number of allylic oxidation sites excluding steroid dienone is 2. The lowest BCUT2D eigenvalue weighted by atomic mass is 9.74. The lowest BCUT2D eigenvalue weighted by Gasteiger charge is -2.31. The van der Waals surface area contributed by atoms with E-state index in [9.17, 15) is 4.79 Å². The molecular formula is C16H18N2O3. The Hall–Kier alpha value is -2.30. The molecule has 0 spiro atoms. The summed E-state index contributed by atoms with van der Waals surface area (Å²) in [4.78, 5) is 11.8. The van der Waals surface area contributed by atoms with Crippen molar-refractivity contribution in [2.24, 2.45) is 16.9 Å². The first-order chi connectivity index (χ1) is 10.3. The van der Waals surface area contributed by atoms with Crippen molar-refractivity contribution >= 4 is 11.6 Å². The molecule has 1 aromatic carbocycles. The van der Waals surface area contributed by atoms with Crippen LogP contribution in [0.15, 0.2) is 41.5 Å². The van der Waals surface area contributed by atoms with Crippen LogP contribution >= 0.6 is 0 Å². The zero-order chi connectivity index (χ0) is 14.7. The fraction of sp³-hybridized carbons (Fsp3) is 0.375. The summed E-state index contributed by atoms with van der Waals surface area (Å²) in [5.74, 6) is 2.02. The summed E-state index contributed by atoms with van der Waals surface area (Å²) in [7, 11) is 1.57. The fourth-order valence-corrected chi connectivity index (χ4v) is 2.71. The average molecular weight is 286 g/mol. The Kier molecular flexibility index (Phi) is 3.90. The third-order valence-corrected chi connectivity index (χ3v) is 3.92. The Labute approximate surface area is 123 Å². The SMILES string of the molecule is COc1ccccc1OCC(=O)N/N=C1/C[C@@H]2C=CC[C@H]12. The molecule has 2 aliphatic carbocycles. The van der Waals surface area contributed by atoms with E-state index in [1.807, 2.05) is 12.1 Å². The van der Waals surface area contributed by atoms with Gasteiger partial charge < -0.3 is 9.47 Å². The average Bonchev–Trinajstić information content (AvgIpc) is 2.87. The van der Waals surface area contributed by atoms with Crippen molar-refractivity contribution in [3.63, 3.8) is 0 Å². The molecule has 3 rings (SSSR count). The molecular weight excluding hydrogens is 268 g/mol. The number of hydrazone groups is 1. The number of carbonyl (C=O) groups is 1. The van der Waals surface area contributed by atoms with E-state index in [2.05, 4.69) is 22.7 Å². The topological polar surface area (TPSA) is 59.9 Å². The number of nitrogens with zero attached hydrogens (tertiary/aromatic N) is 1. The maximum Gasteiger partial charge on any atom is 0.277 e. The van der Waals surface area contributed by atoms with E-state index in [0.29, 0.717) is 23.3 Å². The van der Waals surface area contributed by atoms with Crippen LogP contribution < -0.4 is 14.9 Å². The molecule has 0 unspecified atom stereocenters. The van der Waals surface area contributed by atoms with Crippen molar-refractivity contribution in [1.29, 1.82) is 0 Å². The van der Waals surface area contributed by atoms with Gasteiger partial charge in [-0.1, -0.05) is 24.3 Å². The Morgan fingerprint density at radius 1 is 1.38 bits per heavy atom. The van der Waals surface area contributed by atoms with Crippen LogP contribution in [0.4, 0.5) is 0 Å². The van der Waals surface area contributed by atoms with Crippen LogP contribution in [0.1, 0.15) is 12.8 Å². The minimum Gasteiger partial charge on any atom is -0.493 e. The molecule has 0 bridgehead atoms. The summed E-state index contributed by atoms with van der Waals surface area (Å²) in [6, 6.07) is 7.23. The molecule has 1 fully saturated rings. The number of para-hydroxylation sites is 2. The molecule has 0 heterocycles. The van der Waals surface area contributed by atoms with Crippen LogP contribution in [-0.4, -0.2) is 25.3 Å². The predicted octanol–water partition coefficient (Wildman–Crippen LogP) is 2.14. The van der Waals surface area contributed by atoms with Gasteiger partial charge in [0.2, 0.25) is 0 Å². The zero-order valence-electron chi connectivity index (χ0n) is 11.9. The van der Waals surface area contributed by atoms with Crippen LogP contribution in [0, 0.1) is 11.8 Å². The van der Waals surface area contributed by atoms with Gasteiger partial charge in [-0.25, -0.2) is 5.43 Å². The Bertz CT molecular complexity index is 595. The van der Waals surface area contributed by atoms with E-state index in [1.54, 1.807) is 19.2 Å². The van der Waals surface area contributed by atoms with Gasteiger partial charge in [0.05, 0.1) is 7.11 Å². The summed E-state index contributed by atoms with van der Waals surface area (Å²) in [6.07, 6.45) is 6.41. The number of carbonyl (C=O) groups excluding carboxylic acids is 1. The van der Waals surface area contributed by atoms with Gasteiger partial charge in [-0.05, 0) is 30.9 Å². The first-order valence-electron chi connectivity index (χ1n) is 7.05. The van der Waals surface area contributed by atoms with Gasteiger partial charge >= 0.3 is 0 Å². The summed E-state index contributed by atoms with van der Waals surface area (Å²) >= 11 is 0. The Morgan fingerprint density at radius 3 is 2.95 bits per heavy atom. The number of hydrogen-bond donors (Lipinski definition) is 1. The van der Waals surface area contributed by atoms with Gasteiger partial charge in [0.25, 0.3) is 5.91 Å². The normalized spacial score (nSPS) is 24.3. The molecule has 110 valence electrons. The van der Waals surface area contributed by atoms with E-state index in [-0.39, 0.29) is 12.5 Å². The van der Waals surface area contributed by atoms with Gasteiger partial charge in [-0.3, -0.25) is 4.79 Å². The van der Waals surface area contributed by atoms with Gasteiger partial charge in [0.1, 0.15) is 0 Å². The standard InChI is InChI=1S/C16H18N2O3/c1-20-14-7-2-3-8-15(14)21-10-16(19)18-17-13-9-11-5-4-6-12(11)13/h2-5,7-8,11-12H,6,9-10H2,1H3,(H,18,19)/b17-13-/t11-,12-/m0/s1. The molecule has 21 heavy (non-hydrogen) atoms. The van der Waals surface area contributed by atoms with E-state index in [1.165, 1.54) is 0 Å². The van der Waals surface area contributed by atoms with E-state index < -0.39 is 0 Å². The molecule has 0 radical (unpaired) electrons. The molecule has 2 atom stereocenters. The highest BCUT2D eigenvalue weighted by Gasteiger charge is 2.37. The highest BCUT2D eigenvalue weighted by atomic mass is 16.5. The minimum atomic E-state index is -0.261.